The minimum atomic E-state index is -3.36. The summed E-state index contributed by atoms with van der Waals surface area (Å²) in [6, 6.07) is 5.72. The minimum Gasteiger partial charge on any atom is -0.305 e. The van der Waals surface area contributed by atoms with Gasteiger partial charge in [-0.25, -0.2) is 13.4 Å². The van der Waals surface area contributed by atoms with Gasteiger partial charge in [-0.1, -0.05) is 33.6 Å². The minimum absolute atomic E-state index is 0.287. The van der Waals surface area contributed by atoms with Crippen LogP contribution in [0.2, 0.25) is 5.02 Å². The Kier molecular flexibility index (Phi) is 4.49. The van der Waals surface area contributed by atoms with Crippen LogP contribution in [0.3, 0.4) is 0 Å². The fourth-order valence-corrected chi connectivity index (χ4v) is 5.19. The van der Waals surface area contributed by atoms with Crippen molar-refractivity contribution in [2.45, 2.75) is 31.4 Å². The number of nitrogens with one attached hydrogen (secondary N) is 1. The van der Waals surface area contributed by atoms with Gasteiger partial charge in [0.25, 0.3) is 0 Å². The maximum Gasteiger partial charge on any atom is 0.235 e. The Morgan fingerprint density at radius 2 is 2.15 bits per heavy atom. The van der Waals surface area contributed by atoms with Crippen LogP contribution in [0, 0.1) is 6.92 Å². The van der Waals surface area contributed by atoms with Crippen LogP contribution in [0.4, 0.5) is 5.69 Å². The van der Waals surface area contributed by atoms with Crippen molar-refractivity contribution in [1.82, 2.24) is 9.38 Å². The Balaban J connectivity index is 1.82. The molecule has 0 atom stereocenters. The third-order valence-corrected chi connectivity index (χ3v) is 7.35. The van der Waals surface area contributed by atoms with Gasteiger partial charge in [-0.2, -0.15) is 0 Å². The molecule has 0 amide bonds. The summed E-state index contributed by atoms with van der Waals surface area (Å²) in [4.78, 5) is 4.39. The van der Waals surface area contributed by atoms with E-state index in [9.17, 15) is 8.42 Å². The van der Waals surface area contributed by atoms with Crippen LogP contribution >= 0.6 is 27.5 Å². The predicted octanol–water partition coefficient (Wildman–Crippen LogP) is 4.55. The lowest BCUT2D eigenvalue weighted by Gasteiger charge is -2.17. The van der Waals surface area contributed by atoms with Gasteiger partial charge in [-0.05, 0) is 48.6 Å². The fraction of sp³-hybridized carbons (Fsp3) is 0.278. The predicted molar refractivity (Wildman–Crippen MR) is 107 cm³/mol. The normalized spacial score (nSPS) is 14.7. The zero-order chi connectivity index (χ0) is 18.5. The average Bonchev–Trinajstić information content (AvgIpc) is 3.33. The number of sulfonamides is 1. The van der Waals surface area contributed by atoms with Gasteiger partial charge in [0.1, 0.15) is 5.65 Å². The molecule has 5 nitrogen and oxygen atoms in total. The van der Waals surface area contributed by atoms with E-state index in [0.717, 1.165) is 39.7 Å². The van der Waals surface area contributed by atoms with Crippen LogP contribution in [0.15, 0.2) is 41.3 Å². The molecule has 0 saturated heterocycles. The van der Waals surface area contributed by atoms with E-state index >= 15 is 0 Å². The number of aryl methyl sites for hydroxylation is 1. The summed E-state index contributed by atoms with van der Waals surface area (Å²) in [7, 11) is -3.36. The molecule has 0 radical (unpaired) electrons. The highest BCUT2D eigenvalue weighted by Crippen LogP contribution is 2.34. The van der Waals surface area contributed by atoms with Gasteiger partial charge < -0.3 is 4.40 Å². The Hall–Kier alpha value is -1.57. The summed E-state index contributed by atoms with van der Waals surface area (Å²) in [5, 5.41) is 0.350. The van der Waals surface area contributed by atoms with Gasteiger partial charge in [-0.3, -0.25) is 4.72 Å². The highest BCUT2D eigenvalue weighted by atomic mass is 79.9. The van der Waals surface area contributed by atoms with Crippen molar-refractivity contribution in [3.05, 3.63) is 63.0 Å². The maximum atomic E-state index is 12.5. The molecule has 2 heterocycles. The number of hydrogen-bond acceptors (Lipinski definition) is 3. The number of anilines is 1. The summed E-state index contributed by atoms with van der Waals surface area (Å²) in [5.41, 5.74) is 4.14. The molecule has 26 heavy (non-hydrogen) atoms. The first-order valence-electron chi connectivity index (χ1n) is 8.26. The van der Waals surface area contributed by atoms with E-state index in [-0.39, 0.29) is 5.25 Å². The maximum absolute atomic E-state index is 12.5. The van der Waals surface area contributed by atoms with E-state index in [1.54, 1.807) is 12.4 Å². The first-order valence-corrected chi connectivity index (χ1v) is 11.0. The fourth-order valence-electron chi connectivity index (χ4n) is 3.05. The van der Waals surface area contributed by atoms with E-state index < -0.39 is 10.0 Å². The van der Waals surface area contributed by atoms with E-state index in [0.29, 0.717) is 17.1 Å². The second kappa shape index (κ2) is 6.55. The van der Waals surface area contributed by atoms with Gasteiger partial charge in [0.05, 0.1) is 10.9 Å². The van der Waals surface area contributed by atoms with Gasteiger partial charge in [-0.15, -0.1) is 0 Å². The van der Waals surface area contributed by atoms with Gasteiger partial charge in [0.2, 0.25) is 10.0 Å². The monoisotopic (exact) mass is 453 g/mol. The summed E-state index contributed by atoms with van der Waals surface area (Å²) < 4.78 is 30.5. The van der Waals surface area contributed by atoms with Gasteiger partial charge in [0.15, 0.2) is 0 Å². The summed E-state index contributed by atoms with van der Waals surface area (Å²) >= 11 is 9.80. The smallest absolute Gasteiger partial charge is 0.235 e. The number of benzene rings is 1. The third kappa shape index (κ3) is 3.35. The van der Waals surface area contributed by atoms with Crippen molar-refractivity contribution in [1.29, 1.82) is 0 Å². The Bertz CT molecular complexity index is 1110. The quantitative estimate of drug-likeness (QED) is 0.615. The van der Waals surface area contributed by atoms with Crippen LogP contribution in [0.25, 0.3) is 5.65 Å². The number of aromatic nitrogens is 2. The summed E-state index contributed by atoms with van der Waals surface area (Å²) in [6.07, 6.45) is 7.26. The van der Waals surface area contributed by atoms with E-state index in [4.69, 9.17) is 11.6 Å². The molecule has 1 fully saturated rings. The lowest BCUT2D eigenvalue weighted by Crippen LogP contribution is -2.19. The lowest BCUT2D eigenvalue weighted by atomic mass is 10.0. The molecule has 1 saturated carbocycles. The molecular weight excluding hydrogens is 438 g/mol. The van der Waals surface area contributed by atoms with Gasteiger partial charge >= 0.3 is 0 Å². The molecule has 1 N–H and O–H groups in total. The molecule has 0 aliphatic heterocycles. The number of nitrogens with zero attached hydrogens (tertiary/aromatic N) is 2. The third-order valence-electron chi connectivity index (χ3n) is 4.65. The van der Waals surface area contributed by atoms with Crippen molar-refractivity contribution in [3.8, 4) is 0 Å². The van der Waals surface area contributed by atoms with Crippen LogP contribution in [0.1, 0.15) is 29.5 Å². The zero-order valence-electron chi connectivity index (χ0n) is 14.0. The number of rotatable bonds is 5. The number of fused-ring (bicyclic) bond motifs is 1. The van der Waals surface area contributed by atoms with E-state index in [2.05, 4.69) is 25.6 Å². The highest BCUT2D eigenvalue weighted by molar-refractivity contribution is 9.10. The van der Waals surface area contributed by atoms with Crippen molar-refractivity contribution in [2.75, 3.05) is 4.72 Å². The molecule has 3 aromatic rings. The molecule has 1 aromatic carbocycles. The van der Waals surface area contributed by atoms with Crippen LogP contribution in [0.5, 0.6) is 0 Å². The topological polar surface area (TPSA) is 63.5 Å². The van der Waals surface area contributed by atoms with Crippen molar-refractivity contribution >= 4 is 48.9 Å². The Morgan fingerprint density at radius 3 is 2.85 bits per heavy atom. The van der Waals surface area contributed by atoms with Crippen LogP contribution in [-0.4, -0.2) is 23.1 Å². The SMILES string of the molecule is Cc1c(Cc2ccc(Br)cc2Cl)c(NS(=O)(=O)C2CC2)cn2ccnc12. The van der Waals surface area contributed by atoms with Crippen molar-refractivity contribution < 1.29 is 8.42 Å². The summed E-state index contributed by atoms with van der Waals surface area (Å²) in [6.45, 7) is 1.96. The molecule has 4 rings (SSSR count). The van der Waals surface area contributed by atoms with E-state index in [1.165, 1.54) is 0 Å². The van der Waals surface area contributed by atoms with Crippen molar-refractivity contribution in [2.24, 2.45) is 0 Å². The summed E-state index contributed by atoms with van der Waals surface area (Å²) in [5.74, 6) is 0. The number of halogens is 2. The standard InChI is InChI=1S/C18H17BrClN3O2S/c1-11-15(8-12-2-3-13(19)9-16(12)20)17(10-23-7-6-21-18(11)23)22-26(24,25)14-4-5-14/h2-3,6-7,9-10,14,22H,4-5,8H2,1H3. The lowest BCUT2D eigenvalue weighted by molar-refractivity contribution is 0.600. The number of pyridine rings is 1. The molecule has 136 valence electrons. The van der Waals surface area contributed by atoms with Crippen LogP contribution in [-0.2, 0) is 16.4 Å². The Labute approximate surface area is 165 Å². The number of imidazole rings is 1. The largest absolute Gasteiger partial charge is 0.305 e. The second-order valence-corrected chi connectivity index (χ2v) is 9.85. The molecular formula is C18H17BrClN3O2S. The number of hydrogen-bond donors (Lipinski definition) is 1. The van der Waals surface area contributed by atoms with Crippen molar-refractivity contribution in [3.63, 3.8) is 0 Å². The van der Waals surface area contributed by atoms with Gasteiger partial charge in [0, 0.05) is 34.5 Å². The highest BCUT2D eigenvalue weighted by Gasteiger charge is 2.36. The average molecular weight is 455 g/mol. The van der Waals surface area contributed by atoms with Crippen LogP contribution < -0.4 is 4.72 Å². The molecule has 0 bridgehead atoms. The molecule has 8 heteroatoms. The zero-order valence-corrected chi connectivity index (χ0v) is 17.2. The first kappa shape index (κ1) is 17.8. The first-order chi connectivity index (χ1) is 12.3. The molecule has 0 unspecified atom stereocenters. The molecule has 0 spiro atoms. The molecule has 2 aromatic heterocycles. The molecule has 1 aliphatic carbocycles. The van der Waals surface area contributed by atoms with E-state index in [1.807, 2.05) is 35.7 Å². The molecule has 1 aliphatic rings. The second-order valence-electron chi connectivity index (χ2n) is 6.56. The Morgan fingerprint density at radius 1 is 1.38 bits per heavy atom.